The highest BCUT2D eigenvalue weighted by Crippen LogP contribution is 2.35. The largest absolute Gasteiger partial charge is 0.337 e. The van der Waals surface area contributed by atoms with E-state index in [1.165, 1.54) is 5.56 Å². The minimum Gasteiger partial charge on any atom is -0.337 e. The monoisotopic (exact) mass is 379 g/mol. The molecule has 0 radical (unpaired) electrons. The first-order chi connectivity index (χ1) is 13.2. The summed E-state index contributed by atoms with van der Waals surface area (Å²) in [5.74, 6) is 0.109. The highest BCUT2D eigenvalue weighted by molar-refractivity contribution is 7.09. The van der Waals surface area contributed by atoms with E-state index in [0.29, 0.717) is 6.54 Å². The van der Waals surface area contributed by atoms with Crippen molar-refractivity contribution in [1.29, 1.82) is 0 Å². The van der Waals surface area contributed by atoms with Crippen LogP contribution in [-0.2, 0) is 13.1 Å². The molecule has 6 nitrogen and oxygen atoms in total. The molecule has 0 aliphatic carbocycles. The number of hydrogen-bond donors (Lipinski definition) is 0. The van der Waals surface area contributed by atoms with E-state index in [-0.39, 0.29) is 18.0 Å². The van der Waals surface area contributed by atoms with Gasteiger partial charge in [-0.25, -0.2) is 4.98 Å². The van der Waals surface area contributed by atoms with Gasteiger partial charge in [-0.05, 0) is 36.8 Å². The maximum Gasteiger partial charge on any atom is 0.271 e. The van der Waals surface area contributed by atoms with Crippen molar-refractivity contribution in [3.8, 4) is 0 Å². The van der Waals surface area contributed by atoms with E-state index in [2.05, 4.69) is 36.9 Å². The van der Waals surface area contributed by atoms with Crippen molar-refractivity contribution in [2.24, 2.45) is 0 Å². The number of likely N-dealkylation sites (tertiary alicyclic amines) is 1. The van der Waals surface area contributed by atoms with Crippen LogP contribution in [-0.4, -0.2) is 49.4 Å². The second-order valence-electron chi connectivity index (χ2n) is 7.28. The summed E-state index contributed by atoms with van der Waals surface area (Å²) >= 11 is 1.64. The molecule has 0 spiro atoms. The summed E-state index contributed by atoms with van der Waals surface area (Å²) in [6.45, 7) is 5.28. The SMILES string of the molecule is Cc1nc(CN2C(=O)c3cccn3[C@H]3CN(Cc4ccncc4)C[C@@H]32)cs1. The molecule has 3 aromatic heterocycles. The topological polar surface area (TPSA) is 54.3 Å². The number of hydrogen-bond acceptors (Lipinski definition) is 5. The lowest BCUT2D eigenvalue weighted by atomic mass is 10.1. The molecule has 138 valence electrons. The highest BCUT2D eigenvalue weighted by atomic mass is 32.1. The lowest BCUT2D eigenvalue weighted by Crippen LogP contribution is -2.49. The first kappa shape index (κ1) is 16.6. The summed E-state index contributed by atoms with van der Waals surface area (Å²) in [7, 11) is 0. The Balaban J connectivity index is 1.43. The van der Waals surface area contributed by atoms with Crippen molar-refractivity contribution in [1.82, 2.24) is 24.3 Å². The maximum atomic E-state index is 13.2. The molecule has 0 N–H and O–H groups in total. The fraction of sp³-hybridized carbons (Fsp3) is 0.350. The van der Waals surface area contributed by atoms with Crippen molar-refractivity contribution in [3.63, 3.8) is 0 Å². The van der Waals surface area contributed by atoms with Crippen LogP contribution in [0.15, 0.2) is 48.2 Å². The van der Waals surface area contributed by atoms with Crippen LogP contribution in [0.4, 0.5) is 0 Å². The van der Waals surface area contributed by atoms with Crippen molar-refractivity contribution in [3.05, 3.63) is 70.2 Å². The molecular weight excluding hydrogens is 358 g/mol. The van der Waals surface area contributed by atoms with E-state index in [1.807, 2.05) is 42.5 Å². The van der Waals surface area contributed by atoms with Gasteiger partial charge in [0, 0.05) is 43.6 Å². The standard InChI is InChI=1S/C20H21N5OS/c1-14-22-16(13-27-14)10-25-19-12-23(9-15-4-6-21-7-5-15)11-18(19)24-8-2-3-17(24)20(25)26/h2-8,13,18-19H,9-12H2,1H3/t18-,19-/m0/s1. The quantitative estimate of drug-likeness (QED) is 0.699. The predicted octanol–water partition coefficient (Wildman–Crippen LogP) is 2.73. The summed E-state index contributed by atoms with van der Waals surface area (Å²) in [5, 5.41) is 3.11. The van der Waals surface area contributed by atoms with Gasteiger partial charge in [0.05, 0.1) is 29.3 Å². The molecule has 0 aromatic carbocycles. The fourth-order valence-corrected chi connectivity index (χ4v) is 4.91. The van der Waals surface area contributed by atoms with Crippen LogP contribution >= 0.6 is 11.3 Å². The first-order valence-corrected chi connectivity index (χ1v) is 10.1. The van der Waals surface area contributed by atoms with Crippen molar-refractivity contribution >= 4 is 17.2 Å². The number of aromatic nitrogens is 3. The smallest absolute Gasteiger partial charge is 0.271 e. The first-order valence-electron chi connectivity index (χ1n) is 9.19. The lowest BCUT2D eigenvalue weighted by Gasteiger charge is -2.38. The molecule has 27 heavy (non-hydrogen) atoms. The second-order valence-corrected chi connectivity index (χ2v) is 8.34. The predicted molar refractivity (Wildman–Crippen MR) is 103 cm³/mol. The summed E-state index contributed by atoms with van der Waals surface area (Å²) in [5.41, 5.74) is 3.02. The van der Waals surface area contributed by atoms with Gasteiger partial charge in [0.15, 0.2) is 0 Å². The maximum absolute atomic E-state index is 13.2. The summed E-state index contributed by atoms with van der Waals surface area (Å²) in [6.07, 6.45) is 5.72. The molecule has 2 atom stereocenters. The van der Waals surface area contributed by atoms with Gasteiger partial charge in [-0.1, -0.05) is 0 Å². The highest BCUT2D eigenvalue weighted by Gasteiger charge is 2.44. The molecule has 2 aliphatic heterocycles. The third-order valence-corrected chi connectivity index (χ3v) is 6.33. The van der Waals surface area contributed by atoms with Gasteiger partial charge in [0.2, 0.25) is 0 Å². The van der Waals surface area contributed by atoms with Gasteiger partial charge in [0.1, 0.15) is 5.69 Å². The molecule has 7 heteroatoms. The van der Waals surface area contributed by atoms with Crippen LogP contribution in [0.5, 0.6) is 0 Å². The van der Waals surface area contributed by atoms with E-state index in [0.717, 1.165) is 36.0 Å². The van der Waals surface area contributed by atoms with Crippen LogP contribution in [0, 0.1) is 6.92 Å². The Morgan fingerprint density at radius 1 is 1.15 bits per heavy atom. The van der Waals surface area contributed by atoms with Gasteiger partial charge in [-0.3, -0.25) is 14.7 Å². The number of rotatable bonds is 4. The molecular formula is C20H21N5OS. The summed E-state index contributed by atoms with van der Waals surface area (Å²) < 4.78 is 2.17. The summed E-state index contributed by atoms with van der Waals surface area (Å²) in [4.78, 5) is 26.3. The second kappa shape index (κ2) is 6.58. The number of carbonyl (C=O) groups excluding carboxylic acids is 1. The minimum absolute atomic E-state index is 0.109. The number of amides is 1. The Bertz CT molecular complexity index is 966. The number of aryl methyl sites for hydroxylation is 1. The fourth-order valence-electron chi connectivity index (χ4n) is 4.31. The molecule has 0 unspecified atom stereocenters. The van der Waals surface area contributed by atoms with Gasteiger partial charge in [-0.2, -0.15) is 0 Å². The van der Waals surface area contributed by atoms with Crippen molar-refractivity contribution < 1.29 is 4.79 Å². The van der Waals surface area contributed by atoms with E-state index in [9.17, 15) is 4.79 Å². The van der Waals surface area contributed by atoms with Gasteiger partial charge in [-0.15, -0.1) is 11.3 Å². The molecule has 1 amide bonds. The molecule has 0 bridgehead atoms. The molecule has 0 saturated carbocycles. The number of pyridine rings is 1. The molecule has 2 aliphatic rings. The normalized spacial score (nSPS) is 22.1. The third-order valence-electron chi connectivity index (χ3n) is 5.51. The molecule has 3 aromatic rings. The van der Waals surface area contributed by atoms with Crippen LogP contribution in [0.3, 0.4) is 0 Å². The third kappa shape index (κ3) is 2.96. The Morgan fingerprint density at radius 3 is 2.74 bits per heavy atom. The molecule has 5 rings (SSSR count). The average molecular weight is 379 g/mol. The minimum atomic E-state index is 0.109. The number of fused-ring (bicyclic) bond motifs is 3. The number of nitrogens with zero attached hydrogens (tertiary/aromatic N) is 5. The van der Waals surface area contributed by atoms with E-state index in [4.69, 9.17) is 0 Å². The molecule has 1 fully saturated rings. The summed E-state index contributed by atoms with van der Waals surface area (Å²) in [6, 6.07) is 8.49. The van der Waals surface area contributed by atoms with Gasteiger partial charge < -0.3 is 9.47 Å². The van der Waals surface area contributed by atoms with Gasteiger partial charge in [0.25, 0.3) is 5.91 Å². The number of thiazole rings is 1. The Labute approximate surface area is 162 Å². The van der Waals surface area contributed by atoms with Crippen molar-refractivity contribution in [2.75, 3.05) is 13.1 Å². The van der Waals surface area contributed by atoms with Crippen molar-refractivity contribution in [2.45, 2.75) is 32.1 Å². The zero-order valence-corrected chi connectivity index (χ0v) is 16.0. The van der Waals surface area contributed by atoms with Crippen LogP contribution in [0.2, 0.25) is 0 Å². The lowest BCUT2D eigenvalue weighted by molar-refractivity contribution is 0.0553. The Morgan fingerprint density at radius 2 is 1.96 bits per heavy atom. The Kier molecular flexibility index (Phi) is 4.06. The van der Waals surface area contributed by atoms with Crippen LogP contribution in [0.25, 0.3) is 0 Å². The Hall–Kier alpha value is -2.51. The van der Waals surface area contributed by atoms with Crippen LogP contribution < -0.4 is 0 Å². The van der Waals surface area contributed by atoms with E-state index < -0.39 is 0 Å². The zero-order valence-electron chi connectivity index (χ0n) is 15.2. The zero-order chi connectivity index (χ0) is 18.4. The van der Waals surface area contributed by atoms with Gasteiger partial charge >= 0.3 is 0 Å². The molecule has 5 heterocycles. The molecule has 1 saturated heterocycles. The number of carbonyl (C=O) groups is 1. The van der Waals surface area contributed by atoms with E-state index in [1.54, 1.807) is 11.3 Å². The van der Waals surface area contributed by atoms with Crippen LogP contribution in [0.1, 0.15) is 32.8 Å². The van der Waals surface area contributed by atoms with E-state index >= 15 is 0 Å². The average Bonchev–Trinajstić information content (AvgIpc) is 3.39.